The molecule has 3 fully saturated rings. The highest BCUT2D eigenvalue weighted by Gasteiger charge is 2.75. The molecule has 3 amide bonds. The summed E-state index contributed by atoms with van der Waals surface area (Å²) < 4.78 is 12.4. The molecular weight excluding hydrogens is 536 g/mol. The van der Waals surface area contributed by atoms with Crippen molar-refractivity contribution in [2.45, 2.75) is 50.1 Å². The topological polar surface area (TPSA) is 103 Å². The first kappa shape index (κ1) is 29.0. The Balaban J connectivity index is 1.36. The van der Waals surface area contributed by atoms with Crippen LogP contribution in [0.1, 0.15) is 25.8 Å². The van der Waals surface area contributed by atoms with Crippen molar-refractivity contribution in [2.24, 2.45) is 11.8 Å². The number of ether oxygens (including phenoxy) is 2. The van der Waals surface area contributed by atoms with Gasteiger partial charge in [0.25, 0.3) is 0 Å². The van der Waals surface area contributed by atoms with Crippen molar-refractivity contribution >= 4 is 17.7 Å². The van der Waals surface area contributed by atoms with Crippen LogP contribution in [-0.2, 0) is 30.4 Å². The number of amides is 3. The van der Waals surface area contributed by atoms with Gasteiger partial charge in [0.2, 0.25) is 17.7 Å². The van der Waals surface area contributed by atoms with Crippen LogP contribution in [0.3, 0.4) is 0 Å². The molecule has 1 unspecified atom stereocenters. The van der Waals surface area contributed by atoms with E-state index >= 15 is 0 Å². The number of rotatable bonds is 8. The van der Waals surface area contributed by atoms with Gasteiger partial charge >= 0.3 is 0 Å². The lowest BCUT2D eigenvalue weighted by Gasteiger charge is -2.40. The minimum absolute atomic E-state index is 0.159. The number of hydrogen-bond acceptors (Lipinski definition) is 7. The quantitative estimate of drug-likeness (QED) is 0.461. The largest absolute Gasteiger partial charge is 0.394 e. The van der Waals surface area contributed by atoms with E-state index in [9.17, 15) is 19.5 Å². The fourth-order valence-corrected chi connectivity index (χ4v) is 7.60. The van der Waals surface area contributed by atoms with Crippen molar-refractivity contribution in [3.8, 4) is 0 Å². The van der Waals surface area contributed by atoms with E-state index in [2.05, 4.69) is 4.90 Å². The van der Waals surface area contributed by atoms with E-state index in [0.29, 0.717) is 52.4 Å². The Morgan fingerprint density at radius 2 is 1.64 bits per heavy atom. The standard InChI is InChI=1S/C32H42N4O6/c1-3-24(22-37)36-27-30(40)34(16-15-33-17-19-41-20-18-33)13-8-12-32(27)26(29(36)39)25-28(38)35(14-7-11-31(25,2)42-32)21-23-9-5-4-6-10-23/h4-12,24-27,37H,3,13-22H2,1-2H3/t24-,25+,26-,27?,31-,32-/m0/s1. The lowest BCUT2D eigenvalue weighted by molar-refractivity contribution is -0.156. The summed E-state index contributed by atoms with van der Waals surface area (Å²) in [6.45, 7) is 8.88. The van der Waals surface area contributed by atoms with Gasteiger partial charge in [0.1, 0.15) is 11.6 Å². The number of nitrogens with zero attached hydrogens (tertiary/aromatic N) is 4. The van der Waals surface area contributed by atoms with Crippen molar-refractivity contribution < 1.29 is 29.0 Å². The third kappa shape index (κ3) is 4.78. The Bertz CT molecular complexity index is 1240. The highest BCUT2D eigenvalue weighted by atomic mass is 16.5. The van der Waals surface area contributed by atoms with Gasteiger partial charge in [-0.25, -0.2) is 0 Å². The Labute approximate surface area is 247 Å². The molecule has 5 heterocycles. The number of benzene rings is 1. The van der Waals surface area contributed by atoms with Crippen LogP contribution in [0, 0.1) is 11.8 Å². The second-order valence-corrected chi connectivity index (χ2v) is 12.2. The minimum Gasteiger partial charge on any atom is -0.394 e. The normalized spacial score (nSPS) is 33.8. The van der Waals surface area contributed by atoms with Gasteiger partial charge in [0.05, 0.1) is 43.3 Å². The smallest absolute Gasteiger partial charge is 0.249 e. The molecule has 42 heavy (non-hydrogen) atoms. The molecular formula is C32H42N4O6. The molecule has 0 saturated carbocycles. The van der Waals surface area contributed by atoms with Crippen LogP contribution < -0.4 is 0 Å². The molecule has 5 aliphatic heterocycles. The molecule has 1 aromatic rings. The molecule has 1 aromatic carbocycles. The van der Waals surface area contributed by atoms with Gasteiger partial charge in [-0.1, -0.05) is 61.6 Å². The lowest BCUT2D eigenvalue weighted by Crippen LogP contribution is -2.59. The monoisotopic (exact) mass is 578 g/mol. The Kier molecular flexibility index (Phi) is 7.99. The second-order valence-electron chi connectivity index (χ2n) is 12.2. The maximum atomic E-state index is 14.5. The molecule has 1 spiro atoms. The summed E-state index contributed by atoms with van der Waals surface area (Å²) in [5.74, 6) is -2.36. The SMILES string of the molecule is CC[C@@H](CO)N1C(=O)[C@@H]2[C@@H]3C(=O)N(Cc4ccccc4)CC=C[C@]3(C)O[C@@]23C=CCN(CCN2CCOCC2)C(=O)C13. The van der Waals surface area contributed by atoms with Crippen LogP contribution >= 0.6 is 0 Å². The zero-order valence-electron chi connectivity index (χ0n) is 24.6. The number of carbonyl (C=O) groups is 3. The Morgan fingerprint density at radius 1 is 0.929 bits per heavy atom. The van der Waals surface area contributed by atoms with Crippen LogP contribution in [0.2, 0.25) is 0 Å². The van der Waals surface area contributed by atoms with Crippen LogP contribution in [0.5, 0.6) is 0 Å². The van der Waals surface area contributed by atoms with Crippen LogP contribution in [0.25, 0.3) is 0 Å². The molecule has 10 nitrogen and oxygen atoms in total. The molecule has 10 heteroatoms. The summed E-state index contributed by atoms with van der Waals surface area (Å²) in [5.41, 5.74) is -1.39. The molecule has 0 radical (unpaired) electrons. The minimum atomic E-state index is -1.32. The van der Waals surface area contributed by atoms with Gasteiger partial charge in [-0.3, -0.25) is 19.3 Å². The van der Waals surface area contributed by atoms with Gasteiger partial charge in [0.15, 0.2) is 0 Å². The second kappa shape index (κ2) is 11.6. The summed E-state index contributed by atoms with van der Waals surface area (Å²) in [5, 5.41) is 10.4. The van der Waals surface area contributed by atoms with Crippen molar-refractivity contribution in [1.82, 2.24) is 19.6 Å². The zero-order chi connectivity index (χ0) is 29.5. The van der Waals surface area contributed by atoms with E-state index < -0.39 is 35.1 Å². The number of morpholine rings is 1. The van der Waals surface area contributed by atoms with Crippen molar-refractivity contribution in [3.05, 3.63) is 60.2 Å². The molecule has 5 aliphatic rings. The molecule has 6 rings (SSSR count). The fraction of sp³-hybridized carbons (Fsp3) is 0.594. The van der Waals surface area contributed by atoms with Gasteiger partial charge in [-0.05, 0) is 18.9 Å². The van der Waals surface area contributed by atoms with Crippen molar-refractivity contribution in [1.29, 1.82) is 0 Å². The molecule has 0 bridgehead atoms. The number of hydrogen-bond donors (Lipinski definition) is 1. The van der Waals surface area contributed by atoms with E-state index in [-0.39, 0.29) is 24.3 Å². The third-order valence-electron chi connectivity index (χ3n) is 9.74. The Hall–Kier alpha value is -3.05. The average Bonchev–Trinajstić information content (AvgIpc) is 3.28. The predicted octanol–water partition coefficient (Wildman–Crippen LogP) is 1.06. The predicted molar refractivity (Wildman–Crippen MR) is 155 cm³/mol. The molecule has 226 valence electrons. The number of fused-ring (bicyclic) bond motifs is 2. The van der Waals surface area contributed by atoms with Crippen molar-refractivity contribution in [3.63, 3.8) is 0 Å². The van der Waals surface area contributed by atoms with Crippen LogP contribution in [0.15, 0.2) is 54.6 Å². The van der Waals surface area contributed by atoms with E-state index in [1.54, 1.807) is 14.7 Å². The van der Waals surface area contributed by atoms with Gasteiger partial charge in [-0.2, -0.15) is 0 Å². The number of likely N-dealkylation sites (tertiary alicyclic amines) is 1. The average molecular weight is 579 g/mol. The van der Waals surface area contributed by atoms with E-state index in [1.165, 1.54) is 0 Å². The van der Waals surface area contributed by atoms with Crippen LogP contribution in [-0.4, -0.2) is 125 Å². The highest BCUT2D eigenvalue weighted by molar-refractivity contribution is 6.00. The number of carbonyl (C=O) groups excluding carboxylic acids is 3. The number of aliphatic hydroxyl groups is 1. The summed E-state index contributed by atoms with van der Waals surface area (Å²) in [6, 6.07) is 8.27. The lowest BCUT2D eigenvalue weighted by atomic mass is 9.74. The highest BCUT2D eigenvalue weighted by Crippen LogP contribution is 2.58. The van der Waals surface area contributed by atoms with E-state index in [4.69, 9.17) is 9.47 Å². The van der Waals surface area contributed by atoms with Crippen molar-refractivity contribution in [2.75, 3.05) is 59.1 Å². The molecule has 0 aromatic heterocycles. The Morgan fingerprint density at radius 3 is 2.36 bits per heavy atom. The summed E-state index contributed by atoms with van der Waals surface area (Å²) in [7, 11) is 0. The van der Waals surface area contributed by atoms with Crippen LogP contribution in [0.4, 0.5) is 0 Å². The summed E-state index contributed by atoms with van der Waals surface area (Å²) in [4.78, 5) is 50.7. The molecule has 0 aliphatic carbocycles. The molecule has 3 saturated heterocycles. The first-order valence-electron chi connectivity index (χ1n) is 15.2. The molecule has 1 N–H and O–H groups in total. The molecule has 6 atom stereocenters. The maximum absolute atomic E-state index is 14.5. The van der Waals surface area contributed by atoms with Gasteiger partial charge in [-0.15, -0.1) is 0 Å². The first-order chi connectivity index (χ1) is 20.3. The maximum Gasteiger partial charge on any atom is 0.249 e. The fourth-order valence-electron chi connectivity index (χ4n) is 7.60. The summed E-state index contributed by atoms with van der Waals surface area (Å²) in [6.07, 6.45) is 8.12. The van der Waals surface area contributed by atoms with Gasteiger partial charge < -0.3 is 29.3 Å². The van der Waals surface area contributed by atoms with E-state index in [1.807, 2.05) is 68.5 Å². The first-order valence-corrected chi connectivity index (χ1v) is 15.2. The zero-order valence-corrected chi connectivity index (χ0v) is 24.6. The van der Waals surface area contributed by atoms with Gasteiger partial charge in [0, 0.05) is 45.8 Å². The summed E-state index contributed by atoms with van der Waals surface area (Å²) >= 11 is 0. The number of aliphatic hydroxyl groups excluding tert-OH is 1. The third-order valence-corrected chi connectivity index (χ3v) is 9.74. The van der Waals surface area contributed by atoms with E-state index in [0.717, 1.165) is 18.7 Å².